The summed E-state index contributed by atoms with van der Waals surface area (Å²) >= 11 is 0. The molecule has 1 aliphatic rings. The molecule has 1 heterocycles. The van der Waals surface area contributed by atoms with Crippen LogP contribution < -0.4 is 10.6 Å². The van der Waals surface area contributed by atoms with E-state index >= 15 is 0 Å². The topological polar surface area (TPSA) is 59.1 Å². The summed E-state index contributed by atoms with van der Waals surface area (Å²) in [5.41, 5.74) is 0. The van der Waals surface area contributed by atoms with Gasteiger partial charge in [-0.1, -0.05) is 12.8 Å². The van der Waals surface area contributed by atoms with Crippen molar-refractivity contribution in [3.63, 3.8) is 0 Å². The van der Waals surface area contributed by atoms with Gasteiger partial charge in [0.2, 0.25) is 5.95 Å². The Labute approximate surface area is 108 Å². The van der Waals surface area contributed by atoms with Crippen molar-refractivity contribution < 1.29 is 4.74 Å². The van der Waals surface area contributed by atoms with E-state index in [1.165, 1.54) is 25.7 Å². The van der Waals surface area contributed by atoms with Crippen molar-refractivity contribution in [2.45, 2.75) is 38.2 Å². The van der Waals surface area contributed by atoms with Crippen LogP contribution in [0, 0.1) is 0 Å². The lowest BCUT2D eigenvalue weighted by Crippen LogP contribution is -2.13. The Morgan fingerprint density at radius 2 is 2.22 bits per heavy atom. The molecule has 0 amide bonds. The van der Waals surface area contributed by atoms with Gasteiger partial charge in [0, 0.05) is 26.4 Å². The molecule has 5 heteroatoms. The molecule has 0 aliphatic heterocycles. The van der Waals surface area contributed by atoms with Crippen molar-refractivity contribution >= 4 is 11.8 Å². The third-order valence-electron chi connectivity index (χ3n) is 3.17. The third-order valence-corrected chi connectivity index (χ3v) is 3.17. The summed E-state index contributed by atoms with van der Waals surface area (Å²) in [6, 6.07) is 1.84. The lowest BCUT2D eigenvalue weighted by molar-refractivity contribution is 0.0583. The van der Waals surface area contributed by atoms with E-state index in [0.29, 0.717) is 12.1 Å². The van der Waals surface area contributed by atoms with Gasteiger partial charge in [-0.05, 0) is 25.3 Å². The molecule has 1 fully saturated rings. The number of rotatable bonds is 7. The second kappa shape index (κ2) is 7.16. The number of anilines is 2. The molecule has 2 rings (SSSR count). The predicted molar refractivity (Wildman–Crippen MR) is 72.9 cm³/mol. The fraction of sp³-hybridized carbons (Fsp3) is 0.692. The van der Waals surface area contributed by atoms with Crippen molar-refractivity contribution in [2.75, 3.05) is 30.8 Å². The maximum Gasteiger partial charge on any atom is 0.224 e. The number of hydrogen-bond donors (Lipinski definition) is 2. The molecular weight excluding hydrogens is 228 g/mol. The summed E-state index contributed by atoms with van der Waals surface area (Å²) in [5, 5.41) is 6.19. The van der Waals surface area contributed by atoms with Gasteiger partial charge in [0.15, 0.2) is 0 Å². The number of ether oxygens (including phenoxy) is 1. The predicted octanol–water partition coefficient (Wildman–Crippen LogP) is 2.28. The van der Waals surface area contributed by atoms with Crippen molar-refractivity contribution in [1.82, 2.24) is 9.97 Å². The molecule has 0 atom stereocenters. The first kappa shape index (κ1) is 13.1. The average molecular weight is 250 g/mol. The first-order valence-corrected chi connectivity index (χ1v) is 6.75. The van der Waals surface area contributed by atoms with Crippen molar-refractivity contribution in [3.8, 4) is 0 Å². The van der Waals surface area contributed by atoms with Gasteiger partial charge >= 0.3 is 0 Å². The van der Waals surface area contributed by atoms with Gasteiger partial charge in [0.25, 0.3) is 0 Å². The molecule has 1 aromatic rings. The molecule has 1 aliphatic carbocycles. The minimum atomic E-state index is 0.508. The maximum absolute atomic E-state index is 5.79. The van der Waals surface area contributed by atoms with Gasteiger partial charge in [-0.2, -0.15) is 4.98 Å². The summed E-state index contributed by atoms with van der Waals surface area (Å²) in [4.78, 5) is 8.45. The Morgan fingerprint density at radius 3 is 3.00 bits per heavy atom. The fourth-order valence-corrected chi connectivity index (χ4v) is 2.16. The second-order valence-corrected chi connectivity index (χ2v) is 4.57. The molecule has 0 saturated heterocycles. The van der Waals surface area contributed by atoms with E-state index in [0.717, 1.165) is 25.4 Å². The number of nitrogens with one attached hydrogen (secondary N) is 2. The smallest absolute Gasteiger partial charge is 0.224 e. The second-order valence-electron chi connectivity index (χ2n) is 4.57. The van der Waals surface area contributed by atoms with E-state index in [1.54, 1.807) is 6.20 Å². The molecule has 1 saturated carbocycles. The van der Waals surface area contributed by atoms with Crippen molar-refractivity contribution in [3.05, 3.63) is 12.3 Å². The number of hydrogen-bond acceptors (Lipinski definition) is 5. The molecule has 5 nitrogen and oxygen atoms in total. The van der Waals surface area contributed by atoms with Crippen LogP contribution in [0.15, 0.2) is 12.3 Å². The Kier molecular flexibility index (Phi) is 5.20. The van der Waals surface area contributed by atoms with Gasteiger partial charge < -0.3 is 15.4 Å². The SMILES string of the molecule is CNc1ccnc(NCCCOC2CCCC2)n1. The third kappa shape index (κ3) is 4.14. The Bertz CT molecular complexity index is 353. The molecule has 0 aromatic carbocycles. The van der Waals surface area contributed by atoms with Crippen molar-refractivity contribution in [2.24, 2.45) is 0 Å². The normalized spacial score (nSPS) is 15.8. The van der Waals surface area contributed by atoms with E-state index in [4.69, 9.17) is 4.74 Å². The molecular formula is C13H22N4O. The standard InChI is InChI=1S/C13H22N4O/c1-14-12-7-9-16-13(17-12)15-8-4-10-18-11-5-2-3-6-11/h7,9,11H,2-6,8,10H2,1H3,(H2,14,15,16,17). The highest BCUT2D eigenvalue weighted by molar-refractivity contribution is 5.38. The van der Waals surface area contributed by atoms with Crippen LogP contribution in [0.2, 0.25) is 0 Å². The fourth-order valence-electron chi connectivity index (χ4n) is 2.16. The maximum atomic E-state index is 5.79. The zero-order valence-electron chi connectivity index (χ0n) is 11.0. The van der Waals surface area contributed by atoms with E-state index in [2.05, 4.69) is 20.6 Å². The highest BCUT2D eigenvalue weighted by Gasteiger charge is 2.14. The van der Waals surface area contributed by atoms with Crippen LogP contribution in [0.5, 0.6) is 0 Å². The summed E-state index contributed by atoms with van der Waals surface area (Å²) in [5.74, 6) is 1.50. The summed E-state index contributed by atoms with van der Waals surface area (Å²) in [6.07, 6.45) is 8.37. The van der Waals surface area contributed by atoms with Gasteiger partial charge in [0.05, 0.1) is 6.10 Å². The molecule has 0 spiro atoms. The highest BCUT2D eigenvalue weighted by Crippen LogP contribution is 2.20. The van der Waals surface area contributed by atoms with Crippen LogP contribution in [0.1, 0.15) is 32.1 Å². The lowest BCUT2D eigenvalue weighted by atomic mass is 10.3. The summed E-state index contributed by atoms with van der Waals surface area (Å²) < 4.78 is 5.79. The van der Waals surface area contributed by atoms with Crippen LogP contribution >= 0.6 is 0 Å². The molecule has 18 heavy (non-hydrogen) atoms. The van der Waals surface area contributed by atoms with Crippen LogP contribution in [-0.4, -0.2) is 36.3 Å². The first-order valence-electron chi connectivity index (χ1n) is 6.75. The van der Waals surface area contributed by atoms with Gasteiger partial charge in [-0.25, -0.2) is 4.98 Å². The van der Waals surface area contributed by atoms with Gasteiger partial charge in [-0.15, -0.1) is 0 Å². The van der Waals surface area contributed by atoms with E-state index in [-0.39, 0.29) is 0 Å². The Balaban J connectivity index is 1.59. The Morgan fingerprint density at radius 1 is 1.39 bits per heavy atom. The zero-order valence-corrected chi connectivity index (χ0v) is 11.0. The van der Waals surface area contributed by atoms with Crippen LogP contribution in [-0.2, 0) is 4.74 Å². The molecule has 2 N–H and O–H groups in total. The van der Waals surface area contributed by atoms with Gasteiger partial charge in [-0.3, -0.25) is 0 Å². The van der Waals surface area contributed by atoms with Crippen LogP contribution in [0.3, 0.4) is 0 Å². The summed E-state index contributed by atoms with van der Waals surface area (Å²) in [7, 11) is 1.85. The minimum Gasteiger partial charge on any atom is -0.378 e. The molecule has 0 unspecified atom stereocenters. The van der Waals surface area contributed by atoms with Gasteiger partial charge in [0.1, 0.15) is 5.82 Å². The van der Waals surface area contributed by atoms with Crippen molar-refractivity contribution in [1.29, 1.82) is 0 Å². The Hall–Kier alpha value is -1.36. The highest BCUT2D eigenvalue weighted by atomic mass is 16.5. The average Bonchev–Trinajstić information content (AvgIpc) is 2.92. The lowest BCUT2D eigenvalue weighted by Gasteiger charge is -2.11. The molecule has 0 radical (unpaired) electrons. The summed E-state index contributed by atoms with van der Waals surface area (Å²) in [6.45, 7) is 1.67. The monoisotopic (exact) mass is 250 g/mol. The van der Waals surface area contributed by atoms with Crippen LogP contribution in [0.4, 0.5) is 11.8 Å². The number of aromatic nitrogens is 2. The largest absolute Gasteiger partial charge is 0.378 e. The molecule has 1 aromatic heterocycles. The van der Waals surface area contributed by atoms with E-state index < -0.39 is 0 Å². The van der Waals surface area contributed by atoms with E-state index in [1.807, 2.05) is 13.1 Å². The van der Waals surface area contributed by atoms with E-state index in [9.17, 15) is 0 Å². The van der Waals surface area contributed by atoms with Crippen LogP contribution in [0.25, 0.3) is 0 Å². The zero-order chi connectivity index (χ0) is 12.6. The molecule has 0 bridgehead atoms. The first-order chi connectivity index (χ1) is 8.88. The molecule has 100 valence electrons. The minimum absolute atomic E-state index is 0.508. The number of nitrogens with zero attached hydrogens (tertiary/aromatic N) is 2. The quantitative estimate of drug-likeness (QED) is 0.727.